The third-order valence-electron chi connectivity index (χ3n) is 4.29. The first-order chi connectivity index (χ1) is 10.1. The Hall–Kier alpha value is -1.33. The third kappa shape index (κ3) is 4.32. The summed E-state index contributed by atoms with van der Waals surface area (Å²) in [5.74, 6) is 5.88. The Morgan fingerprint density at radius 1 is 1.48 bits per heavy atom. The Kier molecular flexibility index (Phi) is 5.82. The topological polar surface area (TPSA) is 71.5 Å². The van der Waals surface area contributed by atoms with E-state index in [0.717, 1.165) is 18.7 Å². The van der Waals surface area contributed by atoms with Crippen LogP contribution in [-0.4, -0.2) is 23.4 Å². The summed E-state index contributed by atoms with van der Waals surface area (Å²) in [5, 5.41) is 0. The van der Waals surface area contributed by atoms with Crippen molar-refractivity contribution in [3.05, 3.63) is 23.7 Å². The van der Waals surface area contributed by atoms with Crippen molar-refractivity contribution in [3.8, 4) is 0 Å². The van der Waals surface area contributed by atoms with Crippen LogP contribution in [0.5, 0.6) is 0 Å². The number of hydrogen-bond donors (Lipinski definition) is 2. The van der Waals surface area contributed by atoms with Gasteiger partial charge in [-0.25, -0.2) is 5.84 Å². The molecule has 5 heteroatoms. The lowest BCUT2D eigenvalue weighted by molar-refractivity contribution is 0.0921. The Balaban J connectivity index is 2.06. The Morgan fingerprint density at radius 3 is 2.81 bits per heavy atom. The van der Waals surface area contributed by atoms with Gasteiger partial charge in [-0.1, -0.05) is 26.7 Å². The molecule has 5 nitrogen and oxygen atoms in total. The van der Waals surface area contributed by atoms with Gasteiger partial charge in [0.1, 0.15) is 0 Å². The molecule has 118 valence electrons. The zero-order valence-electron chi connectivity index (χ0n) is 13.1. The van der Waals surface area contributed by atoms with E-state index >= 15 is 0 Å². The maximum atomic E-state index is 11.7. The number of hydrazine groups is 1. The van der Waals surface area contributed by atoms with Gasteiger partial charge in [0.05, 0.1) is 6.26 Å². The number of hydrogen-bond acceptors (Lipinski definition) is 4. The van der Waals surface area contributed by atoms with Crippen LogP contribution in [0.15, 0.2) is 16.7 Å². The molecule has 1 saturated carbocycles. The highest BCUT2D eigenvalue weighted by Gasteiger charge is 2.25. The van der Waals surface area contributed by atoms with E-state index in [0.29, 0.717) is 17.7 Å². The van der Waals surface area contributed by atoms with E-state index < -0.39 is 0 Å². The van der Waals surface area contributed by atoms with Gasteiger partial charge < -0.3 is 4.42 Å². The van der Waals surface area contributed by atoms with Crippen LogP contribution in [0.4, 0.5) is 0 Å². The Morgan fingerprint density at radius 2 is 2.19 bits per heavy atom. The molecule has 0 saturated heterocycles. The van der Waals surface area contributed by atoms with Gasteiger partial charge in [-0.3, -0.25) is 15.1 Å². The molecule has 2 rings (SSSR count). The van der Waals surface area contributed by atoms with Gasteiger partial charge in [0.25, 0.3) is 0 Å². The molecular weight excluding hydrogens is 266 g/mol. The quantitative estimate of drug-likeness (QED) is 0.460. The number of nitrogens with one attached hydrogen (secondary N) is 1. The number of rotatable bonds is 7. The first-order valence-corrected chi connectivity index (χ1v) is 7.93. The van der Waals surface area contributed by atoms with Crippen molar-refractivity contribution in [2.75, 3.05) is 6.54 Å². The molecule has 3 N–H and O–H groups in total. The molecule has 1 aliphatic rings. The van der Waals surface area contributed by atoms with Crippen molar-refractivity contribution in [3.63, 3.8) is 0 Å². The van der Waals surface area contributed by atoms with Crippen LogP contribution in [0, 0.1) is 5.92 Å². The zero-order chi connectivity index (χ0) is 15.2. The van der Waals surface area contributed by atoms with Crippen LogP contribution in [0.3, 0.4) is 0 Å². The molecule has 0 spiro atoms. The summed E-state index contributed by atoms with van der Waals surface area (Å²) in [7, 11) is 0. The van der Waals surface area contributed by atoms with E-state index in [4.69, 9.17) is 10.3 Å². The van der Waals surface area contributed by atoms with E-state index in [1.54, 1.807) is 6.26 Å². The minimum Gasteiger partial charge on any atom is -0.459 e. The van der Waals surface area contributed by atoms with Crippen LogP contribution in [0.2, 0.25) is 0 Å². The molecule has 0 radical (unpaired) electrons. The molecule has 0 unspecified atom stereocenters. The fraction of sp³-hybridized carbons (Fsp3) is 0.688. The number of nitrogens with two attached hydrogens (primary N) is 1. The highest BCUT2D eigenvalue weighted by atomic mass is 16.3. The second-order valence-electron chi connectivity index (χ2n) is 6.34. The van der Waals surface area contributed by atoms with Crippen LogP contribution >= 0.6 is 0 Å². The zero-order valence-corrected chi connectivity index (χ0v) is 13.1. The van der Waals surface area contributed by atoms with Crippen LogP contribution in [-0.2, 0) is 6.54 Å². The highest BCUT2D eigenvalue weighted by Crippen LogP contribution is 2.26. The first-order valence-electron chi connectivity index (χ1n) is 7.93. The fourth-order valence-electron chi connectivity index (χ4n) is 3.03. The van der Waals surface area contributed by atoms with Gasteiger partial charge in [0.2, 0.25) is 0 Å². The van der Waals surface area contributed by atoms with Crippen molar-refractivity contribution in [1.29, 1.82) is 0 Å². The minimum absolute atomic E-state index is 0.338. The lowest BCUT2D eigenvalue weighted by atomic mass is 10.1. The van der Waals surface area contributed by atoms with Gasteiger partial charge in [0, 0.05) is 18.2 Å². The van der Waals surface area contributed by atoms with Gasteiger partial charge in [-0.15, -0.1) is 0 Å². The molecule has 0 atom stereocenters. The standard InChI is InChI=1S/C16H27N3O2/c1-12(2)7-9-19(14-5-3-4-6-14)11-13-8-10-21-15(13)16(20)18-17/h8,10,12,14H,3-7,9,11,17H2,1-2H3,(H,18,20). The van der Waals surface area contributed by atoms with Crippen molar-refractivity contribution in [2.45, 2.75) is 58.5 Å². The second kappa shape index (κ2) is 7.61. The number of carbonyl (C=O) groups is 1. The van der Waals surface area contributed by atoms with Gasteiger partial charge in [-0.2, -0.15) is 0 Å². The monoisotopic (exact) mass is 293 g/mol. The average Bonchev–Trinajstić information content (AvgIpc) is 3.13. The van der Waals surface area contributed by atoms with Crippen LogP contribution in [0.1, 0.15) is 62.1 Å². The molecule has 1 aliphatic carbocycles. The molecule has 0 aliphatic heterocycles. The predicted molar refractivity (Wildman–Crippen MR) is 82.5 cm³/mol. The van der Waals surface area contributed by atoms with E-state index in [1.807, 2.05) is 6.07 Å². The van der Waals surface area contributed by atoms with Crippen LogP contribution < -0.4 is 11.3 Å². The predicted octanol–water partition coefficient (Wildman–Crippen LogP) is 2.67. The molecule has 1 aromatic heterocycles. The largest absolute Gasteiger partial charge is 0.459 e. The molecule has 1 amide bonds. The Labute approximate surface area is 126 Å². The van der Waals surface area contributed by atoms with Crippen molar-refractivity contribution < 1.29 is 9.21 Å². The maximum absolute atomic E-state index is 11.7. The number of nitrogen functional groups attached to an aromatic ring is 1. The second-order valence-corrected chi connectivity index (χ2v) is 6.34. The molecule has 0 bridgehead atoms. The summed E-state index contributed by atoms with van der Waals surface area (Å²) >= 11 is 0. The SMILES string of the molecule is CC(C)CCN(Cc1ccoc1C(=O)NN)C1CCCC1. The number of amides is 1. The summed E-state index contributed by atoms with van der Waals surface area (Å²) in [6.07, 6.45) is 7.87. The molecule has 0 aromatic carbocycles. The van der Waals surface area contributed by atoms with Crippen molar-refractivity contribution in [2.24, 2.45) is 11.8 Å². The summed E-state index contributed by atoms with van der Waals surface area (Å²) in [6.45, 7) is 6.32. The lowest BCUT2D eigenvalue weighted by Crippen LogP contribution is -2.35. The molecule has 21 heavy (non-hydrogen) atoms. The number of carbonyl (C=O) groups excluding carboxylic acids is 1. The third-order valence-corrected chi connectivity index (χ3v) is 4.29. The minimum atomic E-state index is -0.356. The average molecular weight is 293 g/mol. The van der Waals surface area contributed by atoms with Gasteiger partial charge >= 0.3 is 5.91 Å². The van der Waals surface area contributed by atoms with E-state index in [-0.39, 0.29) is 5.91 Å². The van der Waals surface area contributed by atoms with Crippen molar-refractivity contribution in [1.82, 2.24) is 10.3 Å². The highest BCUT2D eigenvalue weighted by molar-refractivity contribution is 5.92. The van der Waals surface area contributed by atoms with Crippen molar-refractivity contribution >= 4 is 5.91 Å². The summed E-state index contributed by atoms with van der Waals surface area (Å²) in [4.78, 5) is 14.2. The number of furan rings is 1. The summed E-state index contributed by atoms with van der Waals surface area (Å²) < 4.78 is 5.29. The molecule has 1 fully saturated rings. The van der Waals surface area contributed by atoms with E-state index in [2.05, 4.69) is 24.2 Å². The molecule has 1 aromatic rings. The van der Waals surface area contributed by atoms with E-state index in [9.17, 15) is 4.79 Å². The van der Waals surface area contributed by atoms with Gasteiger partial charge in [-0.05, 0) is 37.8 Å². The van der Waals surface area contributed by atoms with E-state index in [1.165, 1.54) is 32.1 Å². The van der Waals surface area contributed by atoms with Gasteiger partial charge in [0.15, 0.2) is 5.76 Å². The number of nitrogens with zero attached hydrogens (tertiary/aromatic N) is 1. The van der Waals surface area contributed by atoms with Crippen LogP contribution in [0.25, 0.3) is 0 Å². The summed E-state index contributed by atoms with van der Waals surface area (Å²) in [5.41, 5.74) is 3.07. The lowest BCUT2D eigenvalue weighted by Gasteiger charge is -2.29. The fourth-order valence-corrected chi connectivity index (χ4v) is 3.03. The Bertz CT molecular complexity index is 450. The normalized spacial score (nSPS) is 16.0. The molecule has 1 heterocycles. The smallest absolute Gasteiger partial charge is 0.301 e. The first kappa shape index (κ1) is 16.0. The summed E-state index contributed by atoms with van der Waals surface area (Å²) in [6, 6.07) is 2.51. The molecular formula is C16H27N3O2. The maximum Gasteiger partial charge on any atom is 0.301 e.